The summed E-state index contributed by atoms with van der Waals surface area (Å²) in [5.41, 5.74) is 0.724. The molecule has 1 heterocycles. The van der Waals surface area contributed by atoms with Crippen LogP contribution in [0.2, 0.25) is 0 Å². The Kier molecular flexibility index (Phi) is 1.34. The van der Waals surface area contributed by atoms with Crippen LogP contribution < -0.4 is 0 Å². The normalized spacial score (nSPS) is 15.5. The van der Waals surface area contributed by atoms with Crippen LogP contribution in [-0.4, -0.2) is 9.97 Å². The van der Waals surface area contributed by atoms with Crippen molar-refractivity contribution in [2.24, 2.45) is 0 Å². The molecule has 1 rings (SSSR count). The van der Waals surface area contributed by atoms with E-state index in [0.717, 1.165) is 6.42 Å². The number of aryl methyl sites for hydroxylation is 2. The van der Waals surface area contributed by atoms with E-state index in [1.807, 2.05) is 6.92 Å². The molecule has 0 saturated carbocycles. The lowest BCUT2D eigenvalue weighted by Gasteiger charge is -1.98. The van der Waals surface area contributed by atoms with E-state index < -0.39 is 6.85 Å². The van der Waals surface area contributed by atoms with Crippen molar-refractivity contribution in [2.45, 2.75) is 26.6 Å². The maximum absolute atomic E-state index is 7.22. The number of aromatic nitrogens is 2. The maximum atomic E-state index is 7.22. The van der Waals surface area contributed by atoms with E-state index in [1.54, 1.807) is 0 Å². The highest BCUT2D eigenvalue weighted by Crippen LogP contribution is 2.01. The van der Waals surface area contributed by atoms with Crippen LogP contribution in [0, 0.1) is 6.85 Å². The zero-order valence-electron chi connectivity index (χ0n) is 8.96. The van der Waals surface area contributed by atoms with Crippen LogP contribution >= 0.6 is 0 Å². The average Bonchev–Trinajstić information content (AvgIpc) is 2.04. The molecule has 0 aliphatic rings. The highest BCUT2D eigenvalue weighted by molar-refractivity contribution is 5.07. The fourth-order valence-corrected chi connectivity index (χ4v) is 0.787. The van der Waals surface area contributed by atoms with Gasteiger partial charge in [-0.05, 0) is 13.3 Å². The first-order valence-electron chi connectivity index (χ1n) is 4.86. The highest BCUT2D eigenvalue weighted by atomic mass is 14.8. The third-order valence-electron chi connectivity index (χ3n) is 1.26. The lowest BCUT2D eigenvalue weighted by atomic mass is 10.2. The quantitative estimate of drug-likeness (QED) is 0.623. The zero-order chi connectivity index (χ0) is 9.90. The first-order valence-corrected chi connectivity index (χ1v) is 3.36. The Balaban J connectivity index is 3.05. The maximum Gasteiger partial charge on any atom is 0.0615 e. The molecule has 2 heteroatoms. The summed E-state index contributed by atoms with van der Waals surface area (Å²) in [4.78, 5) is 7.86. The van der Waals surface area contributed by atoms with Crippen molar-refractivity contribution >= 4 is 0 Å². The molecular formula is C8H12N2. The van der Waals surface area contributed by atoms with E-state index in [1.165, 1.54) is 12.4 Å². The largest absolute Gasteiger partial charge is 0.258 e. The first-order chi connectivity index (χ1) is 6.05. The number of rotatable bonds is 2. The number of nitrogens with zero attached hydrogens (tertiary/aromatic N) is 2. The van der Waals surface area contributed by atoms with Crippen molar-refractivity contribution < 1.29 is 4.11 Å². The van der Waals surface area contributed by atoms with E-state index in [2.05, 4.69) is 9.97 Å². The van der Waals surface area contributed by atoms with Gasteiger partial charge in [-0.25, -0.2) is 0 Å². The van der Waals surface area contributed by atoms with Crippen LogP contribution in [0.1, 0.15) is 28.8 Å². The third-order valence-corrected chi connectivity index (χ3v) is 1.26. The van der Waals surface area contributed by atoms with Gasteiger partial charge in [-0.15, -0.1) is 0 Å². The number of hydrogen-bond donors (Lipinski definition) is 0. The Hall–Kier alpha value is -0.920. The average molecular weight is 139 g/mol. The summed E-state index contributed by atoms with van der Waals surface area (Å²) in [5.74, 6) is 0. The summed E-state index contributed by atoms with van der Waals surface area (Å²) >= 11 is 0. The van der Waals surface area contributed by atoms with E-state index in [9.17, 15) is 0 Å². The Morgan fingerprint density at radius 1 is 1.50 bits per heavy atom. The molecule has 0 aliphatic heterocycles. The molecule has 0 radical (unpaired) electrons. The minimum absolute atomic E-state index is 0.136. The molecule has 10 heavy (non-hydrogen) atoms. The van der Waals surface area contributed by atoms with Crippen molar-refractivity contribution in [3.8, 4) is 0 Å². The van der Waals surface area contributed by atoms with Gasteiger partial charge in [-0.1, -0.05) is 13.3 Å². The monoisotopic (exact) mass is 139 g/mol. The Bertz CT molecular complexity index is 283. The van der Waals surface area contributed by atoms with Gasteiger partial charge >= 0.3 is 0 Å². The molecular weight excluding hydrogens is 124 g/mol. The summed E-state index contributed by atoms with van der Waals surface area (Å²) in [6.45, 7) is -0.156. The molecule has 0 fully saturated rings. The van der Waals surface area contributed by atoms with Gasteiger partial charge in [0.25, 0.3) is 0 Å². The van der Waals surface area contributed by atoms with E-state index in [4.69, 9.17) is 4.11 Å². The topological polar surface area (TPSA) is 25.8 Å². The van der Waals surface area contributed by atoms with E-state index in [0.29, 0.717) is 12.1 Å². The van der Waals surface area contributed by atoms with Crippen LogP contribution in [0.25, 0.3) is 0 Å². The van der Waals surface area contributed by atoms with Crippen molar-refractivity contribution in [1.29, 1.82) is 0 Å². The minimum Gasteiger partial charge on any atom is -0.258 e. The SMILES string of the molecule is [2H]C([2H])([2H])c1nccnc1CCC. The predicted octanol–water partition coefficient (Wildman–Crippen LogP) is 1.74. The second-order valence-corrected chi connectivity index (χ2v) is 2.10. The fraction of sp³-hybridized carbons (Fsp3) is 0.500. The lowest BCUT2D eigenvalue weighted by molar-refractivity contribution is 0.852. The smallest absolute Gasteiger partial charge is 0.0615 e. The first kappa shape index (κ1) is 4.06. The van der Waals surface area contributed by atoms with Crippen molar-refractivity contribution in [1.82, 2.24) is 9.97 Å². The molecule has 0 N–H and O–H groups in total. The highest BCUT2D eigenvalue weighted by Gasteiger charge is 1.95. The fourth-order valence-electron chi connectivity index (χ4n) is 0.787. The van der Waals surface area contributed by atoms with Gasteiger partial charge in [0.2, 0.25) is 0 Å². The molecule has 0 saturated heterocycles. The Morgan fingerprint density at radius 2 is 2.30 bits per heavy atom. The van der Waals surface area contributed by atoms with Crippen molar-refractivity contribution in [3.05, 3.63) is 23.8 Å². The molecule has 0 unspecified atom stereocenters. The molecule has 0 atom stereocenters. The van der Waals surface area contributed by atoms with Crippen LogP contribution in [0.3, 0.4) is 0 Å². The predicted molar refractivity (Wildman–Crippen MR) is 40.8 cm³/mol. The molecule has 54 valence electrons. The number of hydrogen-bond acceptors (Lipinski definition) is 2. The minimum atomic E-state index is -2.14. The van der Waals surface area contributed by atoms with Crippen LogP contribution in [0.15, 0.2) is 12.4 Å². The third kappa shape index (κ3) is 1.53. The molecule has 0 aromatic carbocycles. The van der Waals surface area contributed by atoms with Gasteiger partial charge in [-0.2, -0.15) is 0 Å². The zero-order valence-corrected chi connectivity index (χ0v) is 5.96. The van der Waals surface area contributed by atoms with Gasteiger partial charge in [0, 0.05) is 16.5 Å². The lowest BCUT2D eigenvalue weighted by Crippen LogP contribution is -1.94. The molecule has 2 nitrogen and oxygen atoms in total. The van der Waals surface area contributed by atoms with Crippen LogP contribution in [0.5, 0.6) is 0 Å². The standard InChI is InChI=1S/C8H12N2/c1-3-4-8-7(2)9-5-6-10-8/h5-6H,3-4H2,1-2H3/i2D3. The molecule has 0 bridgehead atoms. The van der Waals surface area contributed by atoms with E-state index >= 15 is 0 Å². The van der Waals surface area contributed by atoms with Gasteiger partial charge in [0.05, 0.1) is 11.4 Å². The second kappa shape index (κ2) is 3.30. The second-order valence-electron chi connectivity index (χ2n) is 2.10. The van der Waals surface area contributed by atoms with Gasteiger partial charge in [-0.3, -0.25) is 9.97 Å². The molecule has 1 aromatic rings. The summed E-state index contributed by atoms with van der Waals surface area (Å²) in [7, 11) is 0. The van der Waals surface area contributed by atoms with Crippen LogP contribution in [-0.2, 0) is 6.42 Å². The van der Waals surface area contributed by atoms with Crippen molar-refractivity contribution in [3.63, 3.8) is 0 Å². The van der Waals surface area contributed by atoms with Gasteiger partial charge in [0.1, 0.15) is 0 Å². The van der Waals surface area contributed by atoms with Crippen LogP contribution in [0.4, 0.5) is 0 Å². The molecule has 1 aromatic heterocycles. The van der Waals surface area contributed by atoms with Crippen molar-refractivity contribution in [2.75, 3.05) is 0 Å². The molecule has 0 spiro atoms. The Labute approximate surface area is 65.5 Å². The Morgan fingerprint density at radius 3 is 3.00 bits per heavy atom. The summed E-state index contributed by atoms with van der Waals surface area (Å²) in [6.07, 6.45) is 4.49. The summed E-state index contributed by atoms with van der Waals surface area (Å²) in [5, 5.41) is 0. The molecule has 0 aliphatic carbocycles. The van der Waals surface area contributed by atoms with Gasteiger partial charge < -0.3 is 0 Å². The molecule has 0 amide bonds. The summed E-state index contributed by atoms with van der Waals surface area (Å²) < 4.78 is 21.7. The summed E-state index contributed by atoms with van der Waals surface area (Å²) in [6, 6.07) is 0. The van der Waals surface area contributed by atoms with Gasteiger partial charge in [0.15, 0.2) is 0 Å². The van der Waals surface area contributed by atoms with E-state index in [-0.39, 0.29) is 5.69 Å².